The average molecular weight is 812 g/mol. The van der Waals surface area contributed by atoms with Crippen LogP contribution in [0.25, 0.3) is 22.3 Å². The average Bonchev–Trinajstić information content (AvgIpc) is 3.30. The third-order valence-electron chi connectivity index (χ3n) is 12.7. The van der Waals surface area contributed by atoms with Gasteiger partial charge in [0.2, 0.25) is 0 Å². The Balaban J connectivity index is 1.14. The first-order chi connectivity index (χ1) is 30.5. The number of para-hydroxylation sites is 3. The number of anilines is 9. The highest BCUT2D eigenvalue weighted by atomic mass is 32.2. The van der Waals surface area contributed by atoms with Gasteiger partial charge in [0.05, 0.1) is 11.4 Å². The SMILES string of the molecule is Cc1cc(C)cc(-c2cc3c4c(c2)N(c2ccccc2)c2cc(N5c6ccccc6Sc6ccccc65)ccc2B4c2ccc(C)cc2N3c2ccc(-c3ccccc3)cc2)c1. The first-order valence-electron chi connectivity index (χ1n) is 21.4. The number of fused-ring (bicyclic) bond motifs is 6. The summed E-state index contributed by atoms with van der Waals surface area (Å²) in [6.45, 7) is 6.63. The van der Waals surface area contributed by atoms with Crippen LogP contribution in [0.4, 0.5) is 51.2 Å². The third-order valence-corrected chi connectivity index (χ3v) is 13.8. The fraction of sp³-hybridized carbons (Fsp3) is 0.0526. The van der Waals surface area contributed by atoms with E-state index in [1.807, 2.05) is 11.8 Å². The van der Waals surface area contributed by atoms with Gasteiger partial charge in [0.15, 0.2) is 0 Å². The van der Waals surface area contributed by atoms with Crippen LogP contribution in [0.5, 0.6) is 0 Å². The van der Waals surface area contributed by atoms with Crippen molar-refractivity contribution in [3.63, 3.8) is 0 Å². The molecule has 0 unspecified atom stereocenters. The lowest BCUT2D eigenvalue weighted by molar-refractivity contribution is 1.16. The molecule has 0 N–H and O–H groups in total. The maximum absolute atomic E-state index is 2.53. The molecule has 0 saturated heterocycles. The second-order valence-corrected chi connectivity index (χ2v) is 17.9. The Labute approximate surface area is 368 Å². The van der Waals surface area contributed by atoms with Gasteiger partial charge in [-0.25, -0.2) is 0 Å². The lowest BCUT2D eigenvalue weighted by Gasteiger charge is -2.45. The molecule has 3 aliphatic rings. The molecule has 0 atom stereocenters. The molecule has 0 aromatic heterocycles. The molecule has 0 aliphatic carbocycles. The van der Waals surface area contributed by atoms with E-state index < -0.39 is 0 Å². The molecule has 0 fully saturated rings. The Hall–Kier alpha value is -7.21. The smallest absolute Gasteiger partial charge is 0.252 e. The molecular formula is C57H42BN3S. The molecule has 62 heavy (non-hydrogen) atoms. The van der Waals surface area contributed by atoms with Crippen molar-refractivity contribution in [1.82, 2.24) is 0 Å². The van der Waals surface area contributed by atoms with Crippen LogP contribution in [-0.4, -0.2) is 6.71 Å². The van der Waals surface area contributed by atoms with Crippen LogP contribution in [0.3, 0.4) is 0 Å². The standard InChI is InChI=1S/C57H42BN3S/c1-37-22-28-47-51(33-37)60(45-25-23-41(24-26-45)40-14-6-4-7-15-40)54-35-43(42-31-38(2)30-39(3)32-42)34-53-57(54)58(47)48-29-27-46(36-52(48)59(53)44-16-8-5-9-17-44)61-49-18-10-12-20-55(49)62-56-21-13-11-19-50(56)61/h4-36H,1-3H3. The predicted octanol–water partition coefficient (Wildman–Crippen LogP) is 14.0. The van der Waals surface area contributed by atoms with E-state index in [1.165, 1.54) is 99.2 Å². The Morgan fingerprint density at radius 3 is 1.45 bits per heavy atom. The summed E-state index contributed by atoms with van der Waals surface area (Å²) in [7, 11) is 0. The minimum atomic E-state index is 0.00392. The summed E-state index contributed by atoms with van der Waals surface area (Å²) in [6.07, 6.45) is 0. The summed E-state index contributed by atoms with van der Waals surface area (Å²) in [4.78, 5) is 10.0. The summed E-state index contributed by atoms with van der Waals surface area (Å²) in [5, 5.41) is 0. The summed E-state index contributed by atoms with van der Waals surface area (Å²) < 4.78 is 0. The Morgan fingerprint density at radius 2 is 0.806 bits per heavy atom. The van der Waals surface area contributed by atoms with Crippen molar-refractivity contribution in [2.24, 2.45) is 0 Å². The molecular weight excluding hydrogens is 770 g/mol. The molecule has 294 valence electrons. The largest absolute Gasteiger partial charge is 0.311 e. The van der Waals surface area contributed by atoms with Crippen molar-refractivity contribution in [3.05, 3.63) is 217 Å². The van der Waals surface area contributed by atoms with Crippen molar-refractivity contribution in [2.75, 3.05) is 14.7 Å². The number of hydrogen-bond donors (Lipinski definition) is 0. The highest BCUT2D eigenvalue weighted by Gasteiger charge is 2.44. The number of rotatable bonds is 5. The van der Waals surface area contributed by atoms with Crippen LogP contribution in [0, 0.1) is 20.8 Å². The molecule has 9 aromatic rings. The Morgan fingerprint density at radius 1 is 0.323 bits per heavy atom. The summed E-state index contributed by atoms with van der Waals surface area (Å²) in [6, 6.07) is 74.5. The van der Waals surface area contributed by atoms with E-state index in [1.54, 1.807) is 0 Å². The molecule has 3 heterocycles. The van der Waals surface area contributed by atoms with Crippen LogP contribution < -0.4 is 31.1 Å². The minimum absolute atomic E-state index is 0.00392. The lowest BCUT2D eigenvalue weighted by atomic mass is 9.33. The molecule has 0 saturated carbocycles. The van der Waals surface area contributed by atoms with E-state index >= 15 is 0 Å². The van der Waals surface area contributed by atoms with Crippen molar-refractivity contribution in [2.45, 2.75) is 30.6 Å². The maximum Gasteiger partial charge on any atom is 0.252 e. The van der Waals surface area contributed by atoms with Crippen molar-refractivity contribution < 1.29 is 0 Å². The summed E-state index contributed by atoms with van der Waals surface area (Å²) >= 11 is 1.85. The monoisotopic (exact) mass is 811 g/mol. The van der Waals surface area contributed by atoms with Crippen molar-refractivity contribution >= 4 is 86.0 Å². The van der Waals surface area contributed by atoms with Gasteiger partial charge in [-0.05, 0) is 144 Å². The van der Waals surface area contributed by atoms with Crippen molar-refractivity contribution in [3.8, 4) is 22.3 Å². The zero-order chi connectivity index (χ0) is 41.5. The molecule has 3 nitrogen and oxygen atoms in total. The zero-order valence-electron chi connectivity index (χ0n) is 34.9. The Bertz CT molecular complexity index is 3150. The zero-order valence-corrected chi connectivity index (χ0v) is 35.7. The quantitative estimate of drug-likeness (QED) is 0.160. The second-order valence-electron chi connectivity index (χ2n) is 16.8. The molecule has 5 heteroatoms. The molecule has 0 spiro atoms. The van der Waals surface area contributed by atoms with E-state index in [0.717, 1.165) is 17.1 Å². The highest BCUT2D eigenvalue weighted by Crippen LogP contribution is 2.53. The van der Waals surface area contributed by atoms with Gasteiger partial charge in [-0.15, -0.1) is 0 Å². The van der Waals surface area contributed by atoms with Crippen LogP contribution >= 0.6 is 11.8 Å². The summed E-state index contributed by atoms with van der Waals surface area (Å²) in [5.41, 5.74) is 23.1. The fourth-order valence-corrected chi connectivity index (χ4v) is 11.1. The molecule has 0 bridgehead atoms. The fourth-order valence-electron chi connectivity index (χ4n) is 10.1. The lowest BCUT2D eigenvalue weighted by Crippen LogP contribution is -2.61. The van der Waals surface area contributed by atoms with Crippen LogP contribution in [0.15, 0.2) is 210 Å². The minimum Gasteiger partial charge on any atom is -0.311 e. The molecule has 12 rings (SSSR count). The van der Waals surface area contributed by atoms with Crippen LogP contribution in [-0.2, 0) is 0 Å². The molecule has 9 aromatic carbocycles. The number of benzene rings is 9. The summed E-state index contributed by atoms with van der Waals surface area (Å²) in [5.74, 6) is 0. The second kappa shape index (κ2) is 14.5. The molecule has 0 radical (unpaired) electrons. The van der Waals surface area contributed by atoms with E-state index in [9.17, 15) is 0 Å². The number of nitrogens with zero attached hydrogens (tertiary/aromatic N) is 3. The highest BCUT2D eigenvalue weighted by molar-refractivity contribution is 7.99. The van der Waals surface area contributed by atoms with Gasteiger partial charge in [-0.1, -0.05) is 144 Å². The van der Waals surface area contributed by atoms with E-state index in [4.69, 9.17) is 0 Å². The van der Waals surface area contributed by atoms with Gasteiger partial charge in [0, 0.05) is 49.6 Å². The predicted molar refractivity (Wildman–Crippen MR) is 264 cm³/mol. The van der Waals surface area contributed by atoms with Gasteiger partial charge in [-0.2, -0.15) is 0 Å². The van der Waals surface area contributed by atoms with Gasteiger partial charge in [0.25, 0.3) is 6.71 Å². The molecule has 0 amide bonds. The van der Waals surface area contributed by atoms with E-state index in [2.05, 4.69) is 236 Å². The van der Waals surface area contributed by atoms with Gasteiger partial charge < -0.3 is 14.7 Å². The first kappa shape index (κ1) is 36.6. The number of hydrogen-bond acceptors (Lipinski definition) is 4. The van der Waals surface area contributed by atoms with Gasteiger partial charge in [0.1, 0.15) is 0 Å². The maximum atomic E-state index is 2.53. The van der Waals surface area contributed by atoms with Crippen molar-refractivity contribution in [1.29, 1.82) is 0 Å². The van der Waals surface area contributed by atoms with Crippen LogP contribution in [0.1, 0.15) is 16.7 Å². The Kier molecular flexibility index (Phi) is 8.55. The number of aryl methyl sites for hydroxylation is 3. The molecule has 3 aliphatic heterocycles. The van der Waals surface area contributed by atoms with Gasteiger partial charge >= 0.3 is 0 Å². The topological polar surface area (TPSA) is 9.72 Å². The third kappa shape index (κ3) is 5.91. The van der Waals surface area contributed by atoms with Crippen LogP contribution in [0.2, 0.25) is 0 Å². The first-order valence-corrected chi connectivity index (χ1v) is 22.3. The van der Waals surface area contributed by atoms with E-state index in [0.29, 0.717) is 0 Å². The van der Waals surface area contributed by atoms with E-state index in [-0.39, 0.29) is 6.71 Å². The normalized spacial score (nSPS) is 13.2. The van der Waals surface area contributed by atoms with Gasteiger partial charge in [-0.3, -0.25) is 0 Å².